The second-order valence-corrected chi connectivity index (χ2v) is 6.48. The summed E-state index contributed by atoms with van der Waals surface area (Å²) in [7, 11) is 0. The summed E-state index contributed by atoms with van der Waals surface area (Å²) in [4.78, 5) is 19.3. The average molecular weight is 341 g/mol. The zero-order valence-corrected chi connectivity index (χ0v) is 14.3. The van der Waals surface area contributed by atoms with E-state index in [-0.39, 0.29) is 24.2 Å². The molecule has 1 aliphatic heterocycles. The molecule has 1 amide bonds. The Morgan fingerprint density at radius 3 is 2.92 bits per heavy atom. The zero-order chi connectivity index (χ0) is 17.5. The van der Waals surface area contributed by atoms with Crippen LogP contribution in [-0.2, 0) is 17.8 Å². The maximum atomic E-state index is 13.4. The Balaban J connectivity index is 1.77. The van der Waals surface area contributed by atoms with Gasteiger partial charge in [0.25, 0.3) is 0 Å². The maximum Gasteiger partial charge on any atom is 0.227 e. The van der Waals surface area contributed by atoms with Crippen LogP contribution >= 0.6 is 0 Å². The molecular weight excluding hydrogens is 317 g/mol. The van der Waals surface area contributed by atoms with Crippen LogP contribution in [0.2, 0.25) is 0 Å². The van der Waals surface area contributed by atoms with Crippen LogP contribution in [0.3, 0.4) is 0 Å². The smallest absolute Gasteiger partial charge is 0.227 e. The lowest BCUT2D eigenvalue weighted by atomic mass is 10.0. The van der Waals surface area contributed by atoms with Crippen LogP contribution < -0.4 is 5.32 Å². The Kier molecular flexibility index (Phi) is 6.12. The van der Waals surface area contributed by atoms with E-state index >= 15 is 0 Å². The van der Waals surface area contributed by atoms with E-state index in [1.54, 1.807) is 18.3 Å². The number of aromatic nitrogens is 1. The highest BCUT2D eigenvalue weighted by Crippen LogP contribution is 2.18. The number of halogens is 1. The van der Waals surface area contributed by atoms with Gasteiger partial charge in [-0.3, -0.25) is 9.78 Å². The SMILES string of the molecule is O=C(Cc1cccc(F)c1)N(Cc1ccccn1)[C@@H]1CCCNCC1. The summed E-state index contributed by atoms with van der Waals surface area (Å²) >= 11 is 0. The number of amides is 1. The lowest BCUT2D eigenvalue weighted by Gasteiger charge is -2.31. The van der Waals surface area contributed by atoms with Crippen LogP contribution in [0.5, 0.6) is 0 Å². The van der Waals surface area contributed by atoms with Crippen LogP contribution in [-0.4, -0.2) is 34.9 Å². The van der Waals surface area contributed by atoms with Crippen molar-refractivity contribution in [2.45, 2.75) is 38.3 Å². The van der Waals surface area contributed by atoms with Crippen LogP contribution in [0.15, 0.2) is 48.7 Å². The minimum absolute atomic E-state index is 0.0307. The Morgan fingerprint density at radius 2 is 2.12 bits per heavy atom. The number of hydrogen-bond acceptors (Lipinski definition) is 3. The fourth-order valence-corrected chi connectivity index (χ4v) is 3.32. The predicted octanol–water partition coefficient (Wildman–Crippen LogP) is 2.93. The van der Waals surface area contributed by atoms with Gasteiger partial charge in [0.2, 0.25) is 5.91 Å². The molecule has 2 heterocycles. The van der Waals surface area contributed by atoms with Crippen LogP contribution in [0.1, 0.15) is 30.5 Å². The monoisotopic (exact) mass is 341 g/mol. The number of benzene rings is 1. The van der Waals surface area contributed by atoms with Crippen LogP contribution in [0.4, 0.5) is 4.39 Å². The third-order valence-corrected chi connectivity index (χ3v) is 4.61. The lowest BCUT2D eigenvalue weighted by molar-refractivity contribution is -0.133. The van der Waals surface area contributed by atoms with E-state index < -0.39 is 0 Å². The molecule has 1 saturated heterocycles. The summed E-state index contributed by atoms with van der Waals surface area (Å²) in [5, 5.41) is 3.39. The fraction of sp³-hybridized carbons (Fsp3) is 0.400. The number of carbonyl (C=O) groups is 1. The molecule has 1 fully saturated rings. The summed E-state index contributed by atoms with van der Waals surface area (Å²) in [6.45, 7) is 2.41. The summed E-state index contributed by atoms with van der Waals surface area (Å²) < 4.78 is 13.4. The molecule has 0 saturated carbocycles. The zero-order valence-electron chi connectivity index (χ0n) is 14.3. The van der Waals surface area contributed by atoms with Crippen molar-refractivity contribution in [1.82, 2.24) is 15.2 Å². The highest BCUT2D eigenvalue weighted by atomic mass is 19.1. The van der Waals surface area contributed by atoms with Crippen molar-refractivity contribution in [2.75, 3.05) is 13.1 Å². The molecule has 0 radical (unpaired) electrons. The minimum atomic E-state index is -0.305. The third-order valence-electron chi connectivity index (χ3n) is 4.61. The van der Waals surface area contributed by atoms with E-state index in [9.17, 15) is 9.18 Å². The second-order valence-electron chi connectivity index (χ2n) is 6.48. The summed E-state index contributed by atoms with van der Waals surface area (Å²) in [6.07, 6.45) is 4.93. The van der Waals surface area contributed by atoms with E-state index in [2.05, 4.69) is 10.3 Å². The first kappa shape index (κ1) is 17.5. The highest BCUT2D eigenvalue weighted by Gasteiger charge is 2.25. The fourth-order valence-electron chi connectivity index (χ4n) is 3.32. The molecule has 2 aromatic rings. The van der Waals surface area contributed by atoms with E-state index in [1.165, 1.54) is 12.1 Å². The van der Waals surface area contributed by atoms with Gasteiger partial charge < -0.3 is 10.2 Å². The first-order valence-corrected chi connectivity index (χ1v) is 8.87. The van der Waals surface area contributed by atoms with E-state index in [4.69, 9.17) is 0 Å². The van der Waals surface area contributed by atoms with Gasteiger partial charge in [0.1, 0.15) is 5.82 Å². The Bertz CT molecular complexity index is 684. The van der Waals surface area contributed by atoms with Crippen molar-refractivity contribution in [3.63, 3.8) is 0 Å². The molecule has 0 aliphatic carbocycles. The van der Waals surface area contributed by atoms with Gasteiger partial charge in [0.15, 0.2) is 0 Å². The van der Waals surface area contributed by atoms with Gasteiger partial charge in [-0.15, -0.1) is 0 Å². The minimum Gasteiger partial charge on any atom is -0.333 e. The van der Waals surface area contributed by atoms with Gasteiger partial charge in [-0.25, -0.2) is 4.39 Å². The molecule has 1 atom stereocenters. The van der Waals surface area contributed by atoms with Crippen molar-refractivity contribution < 1.29 is 9.18 Å². The average Bonchev–Trinajstić information content (AvgIpc) is 2.90. The van der Waals surface area contributed by atoms with E-state index in [1.807, 2.05) is 23.1 Å². The molecule has 4 nitrogen and oxygen atoms in total. The molecule has 3 rings (SSSR count). The second kappa shape index (κ2) is 8.72. The Labute approximate surface area is 148 Å². The Hall–Kier alpha value is -2.27. The molecule has 1 N–H and O–H groups in total. The largest absolute Gasteiger partial charge is 0.333 e. The molecule has 1 aliphatic rings. The summed E-state index contributed by atoms with van der Waals surface area (Å²) in [6, 6.07) is 12.2. The van der Waals surface area contributed by atoms with Crippen molar-refractivity contribution in [3.05, 3.63) is 65.7 Å². The molecule has 0 bridgehead atoms. The van der Waals surface area contributed by atoms with Crippen molar-refractivity contribution in [3.8, 4) is 0 Å². The molecule has 0 unspecified atom stereocenters. The number of rotatable bonds is 5. The molecule has 132 valence electrons. The van der Waals surface area contributed by atoms with Gasteiger partial charge in [0, 0.05) is 12.2 Å². The third kappa shape index (κ3) is 5.10. The van der Waals surface area contributed by atoms with Gasteiger partial charge in [-0.1, -0.05) is 18.2 Å². The van der Waals surface area contributed by atoms with E-state index in [0.29, 0.717) is 12.1 Å². The van der Waals surface area contributed by atoms with Crippen LogP contribution in [0, 0.1) is 5.82 Å². The molecule has 0 spiro atoms. The number of hydrogen-bond donors (Lipinski definition) is 1. The highest BCUT2D eigenvalue weighted by molar-refractivity contribution is 5.79. The van der Waals surface area contributed by atoms with Gasteiger partial charge in [-0.05, 0) is 62.2 Å². The first-order chi connectivity index (χ1) is 12.2. The van der Waals surface area contributed by atoms with Crippen molar-refractivity contribution >= 4 is 5.91 Å². The number of carbonyl (C=O) groups excluding carboxylic acids is 1. The molecule has 1 aromatic heterocycles. The normalized spacial score (nSPS) is 17.7. The molecular formula is C20H24FN3O. The van der Waals surface area contributed by atoms with Gasteiger partial charge >= 0.3 is 0 Å². The predicted molar refractivity (Wildman–Crippen MR) is 95.4 cm³/mol. The van der Waals surface area contributed by atoms with Gasteiger partial charge in [-0.2, -0.15) is 0 Å². The van der Waals surface area contributed by atoms with Crippen molar-refractivity contribution in [1.29, 1.82) is 0 Å². The Morgan fingerprint density at radius 1 is 1.20 bits per heavy atom. The maximum absolute atomic E-state index is 13.4. The topological polar surface area (TPSA) is 45.2 Å². The number of nitrogens with zero attached hydrogens (tertiary/aromatic N) is 2. The number of nitrogens with one attached hydrogen (secondary N) is 1. The molecule has 25 heavy (non-hydrogen) atoms. The van der Waals surface area contributed by atoms with Crippen molar-refractivity contribution in [2.24, 2.45) is 0 Å². The molecule has 1 aromatic carbocycles. The quantitative estimate of drug-likeness (QED) is 0.909. The van der Waals surface area contributed by atoms with Gasteiger partial charge in [0.05, 0.1) is 18.7 Å². The standard InChI is InChI=1S/C20H24FN3O/c21-17-6-3-5-16(13-17)14-20(25)24(15-18-7-1-2-11-23-18)19-8-4-10-22-12-9-19/h1-3,5-7,11,13,19,22H,4,8-10,12,14-15H2/t19-/m1/s1. The lowest BCUT2D eigenvalue weighted by Crippen LogP contribution is -2.41. The summed E-state index contributed by atoms with van der Waals surface area (Å²) in [5.74, 6) is -0.275. The van der Waals surface area contributed by atoms with E-state index in [0.717, 1.165) is 38.0 Å². The van der Waals surface area contributed by atoms with Crippen LogP contribution in [0.25, 0.3) is 0 Å². The first-order valence-electron chi connectivity index (χ1n) is 8.87. The summed E-state index contributed by atoms with van der Waals surface area (Å²) in [5.41, 5.74) is 1.59. The molecule has 5 heteroatoms. The number of pyridine rings is 1.